The van der Waals surface area contributed by atoms with Gasteiger partial charge in [0.1, 0.15) is 0 Å². The van der Waals surface area contributed by atoms with Crippen LogP contribution >= 0.6 is 0 Å². The van der Waals surface area contributed by atoms with E-state index in [2.05, 4.69) is 5.32 Å². The average Bonchev–Trinajstić information content (AvgIpc) is 3.03. The van der Waals surface area contributed by atoms with E-state index in [0.29, 0.717) is 16.9 Å². The molecule has 0 aliphatic carbocycles. The number of hydrogen-bond donors (Lipinski definition) is 1. The Morgan fingerprint density at radius 2 is 1.83 bits per heavy atom. The van der Waals surface area contributed by atoms with Crippen molar-refractivity contribution in [2.24, 2.45) is 0 Å². The van der Waals surface area contributed by atoms with Crippen molar-refractivity contribution in [3.05, 3.63) is 59.2 Å². The summed E-state index contributed by atoms with van der Waals surface area (Å²) in [5.41, 5.74) is 2.23. The maximum absolute atomic E-state index is 13.8. The van der Waals surface area contributed by atoms with Gasteiger partial charge in [0, 0.05) is 24.6 Å². The van der Waals surface area contributed by atoms with Crippen LogP contribution < -0.4 is 10.2 Å². The number of nitrogens with zero attached hydrogens (tertiary/aromatic N) is 2. The van der Waals surface area contributed by atoms with Crippen molar-refractivity contribution in [2.45, 2.75) is 52.2 Å². The summed E-state index contributed by atoms with van der Waals surface area (Å²) in [5.74, 6) is -0.724. The van der Waals surface area contributed by atoms with Gasteiger partial charge >= 0.3 is 0 Å². The van der Waals surface area contributed by atoms with E-state index in [1.165, 1.54) is 4.90 Å². The molecule has 2 heterocycles. The van der Waals surface area contributed by atoms with Gasteiger partial charge in [0.25, 0.3) is 11.8 Å². The van der Waals surface area contributed by atoms with E-state index in [-0.39, 0.29) is 36.6 Å². The van der Waals surface area contributed by atoms with Crippen molar-refractivity contribution in [1.82, 2.24) is 4.90 Å². The molecule has 150 valence electrons. The van der Waals surface area contributed by atoms with Gasteiger partial charge in [0.05, 0.1) is 11.3 Å². The first kappa shape index (κ1) is 19.2. The molecule has 0 aromatic heterocycles. The van der Waals surface area contributed by atoms with Gasteiger partial charge in [-0.2, -0.15) is 0 Å². The number of carbonyl (C=O) groups excluding carboxylic acids is 3. The highest BCUT2D eigenvalue weighted by atomic mass is 16.2. The molecule has 1 fully saturated rings. The molecule has 2 aromatic carbocycles. The number of benzene rings is 2. The first-order valence-electron chi connectivity index (χ1n) is 9.92. The first-order chi connectivity index (χ1) is 13.8. The Balaban J connectivity index is 1.88. The number of aryl methyl sites for hydroxylation is 2. The Hall–Kier alpha value is -3.15. The molecule has 1 N–H and O–H groups in total. The van der Waals surface area contributed by atoms with Crippen molar-refractivity contribution in [3.8, 4) is 0 Å². The van der Waals surface area contributed by atoms with Gasteiger partial charge in [-0.3, -0.25) is 19.3 Å². The third-order valence-electron chi connectivity index (χ3n) is 5.82. The SMILES string of the molecule is Cc1ccc(C)c(NC(=O)C23CCC(=O)N2c2ccccc2C(=O)N3C(C)C)c1. The number of nitrogens with one attached hydrogen (secondary N) is 1. The Morgan fingerprint density at radius 1 is 1.10 bits per heavy atom. The van der Waals surface area contributed by atoms with Crippen LogP contribution in [0.3, 0.4) is 0 Å². The fraction of sp³-hybridized carbons (Fsp3) is 0.348. The molecule has 29 heavy (non-hydrogen) atoms. The van der Waals surface area contributed by atoms with Crippen molar-refractivity contribution < 1.29 is 14.4 Å². The van der Waals surface area contributed by atoms with Crippen LogP contribution in [-0.2, 0) is 9.59 Å². The summed E-state index contributed by atoms with van der Waals surface area (Å²) in [6.45, 7) is 7.63. The Kier molecular flexibility index (Phi) is 4.45. The van der Waals surface area contributed by atoms with E-state index in [4.69, 9.17) is 0 Å². The minimum absolute atomic E-state index is 0.147. The minimum atomic E-state index is -1.37. The second kappa shape index (κ2) is 6.72. The van der Waals surface area contributed by atoms with E-state index in [1.807, 2.05) is 45.9 Å². The number of carbonyl (C=O) groups is 3. The molecule has 1 atom stereocenters. The zero-order valence-electron chi connectivity index (χ0n) is 17.2. The van der Waals surface area contributed by atoms with Crippen LogP contribution in [0.5, 0.6) is 0 Å². The molecule has 2 aromatic rings. The van der Waals surface area contributed by atoms with Crippen LogP contribution in [0.2, 0.25) is 0 Å². The highest BCUT2D eigenvalue weighted by Crippen LogP contribution is 2.46. The maximum Gasteiger partial charge on any atom is 0.271 e. The Morgan fingerprint density at radius 3 is 2.55 bits per heavy atom. The Bertz CT molecular complexity index is 1030. The maximum atomic E-state index is 13.8. The van der Waals surface area contributed by atoms with E-state index in [0.717, 1.165) is 11.1 Å². The van der Waals surface area contributed by atoms with E-state index in [1.54, 1.807) is 29.2 Å². The largest absolute Gasteiger partial charge is 0.322 e. The van der Waals surface area contributed by atoms with E-state index in [9.17, 15) is 14.4 Å². The average molecular weight is 391 g/mol. The van der Waals surface area contributed by atoms with Crippen LogP contribution in [0.4, 0.5) is 11.4 Å². The third kappa shape index (κ3) is 2.74. The number of anilines is 2. The summed E-state index contributed by atoms with van der Waals surface area (Å²) in [7, 11) is 0. The third-order valence-corrected chi connectivity index (χ3v) is 5.82. The lowest BCUT2D eigenvalue weighted by Gasteiger charge is -2.50. The molecular formula is C23H25N3O3. The van der Waals surface area contributed by atoms with Gasteiger partial charge < -0.3 is 10.2 Å². The fourth-order valence-corrected chi connectivity index (χ4v) is 4.50. The molecular weight excluding hydrogens is 366 g/mol. The van der Waals surface area contributed by atoms with E-state index < -0.39 is 5.66 Å². The number of amides is 3. The molecule has 6 nitrogen and oxygen atoms in total. The zero-order chi connectivity index (χ0) is 20.9. The predicted molar refractivity (Wildman–Crippen MR) is 112 cm³/mol. The summed E-state index contributed by atoms with van der Waals surface area (Å²) >= 11 is 0. The van der Waals surface area contributed by atoms with Crippen LogP contribution in [0.25, 0.3) is 0 Å². The predicted octanol–water partition coefficient (Wildman–Crippen LogP) is 3.63. The zero-order valence-corrected chi connectivity index (χ0v) is 17.2. The van der Waals surface area contributed by atoms with Gasteiger partial charge in [-0.1, -0.05) is 24.3 Å². The van der Waals surface area contributed by atoms with E-state index >= 15 is 0 Å². The molecule has 1 unspecified atom stereocenters. The quantitative estimate of drug-likeness (QED) is 0.869. The molecule has 1 saturated heterocycles. The standard InChI is InChI=1S/C23H25N3O3/c1-14(2)25-21(28)17-7-5-6-8-19(17)26-20(27)11-12-23(25,26)22(29)24-18-13-15(3)9-10-16(18)4/h5-10,13-14H,11-12H2,1-4H3,(H,24,29). The molecule has 4 rings (SSSR count). The molecule has 2 aliphatic heterocycles. The summed E-state index contributed by atoms with van der Waals surface area (Å²) in [6.07, 6.45) is 0.478. The van der Waals surface area contributed by atoms with Crippen molar-refractivity contribution in [1.29, 1.82) is 0 Å². The van der Waals surface area contributed by atoms with Crippen molar-refractivity contribution in [2.75, 3.05) is 10.2 Å². The topological polar surface area (TPSA) is 69.7 Å². The smallest absolute Gasteiger partial charge is 0.271 e. The van der Waals surface area contributed by atoms with Crippen molar-refractivity contribution in [3.63, 3.8) is 0 Å². The van der Waals surface area contributed by atoms with Crippen molar-refractivity contribution >= 4 is 29.1 Å². The van der Waals surface area contributed by atoms with Gasteiger partial charge in [0.2, 0.25) is 11.6 Å². The minimum Gasteiger partial charge on any atom is -0.322 e. The number of rotatable bonds is 3. The lowest BCUT2D eigenvalue weighted by Crippen LogP contribution is -2.70. The number of hydrogen-bond acceptors (Lipinski definition) is 3. The molecule has 0 spiro atoms. The van der Waals surface area contributed by atoms with Gasteiger partial charge in [0.15, 0.2) is 0 Å². The second-order valence-electron chi connectivity index (χ2n) is 8.10. The second-order valence-corrected chi connectivity index (χ2v) is 8.10. The molecule has 0 bridgehead atoms. The van der Waals surface area contributed by atoms with Gasteiger partial charge in [-0.05, 0) is 57.0 Å². The van der Waals surface area contributed by atoms with Crippen LogP contribution in [-0.4, -0.2) is 34.3 Å². The molecule has 0 radical (unpaired) electrons. The highest BCUT2D eigenvalue weighted by molar-refractivity contribution is 6.18. The lowest BCUT2D eigenvalue weighted by molar-refractivity contribution is -0.129. The molecule has 0 saturated carbocycles. The number of fused-ring (bicyclic) bond motifs is 3. The van der Waals surface area contributed by atoms with Gasteiger partial charge in [-0.15, -0.1) is 0 Å². The highest BCUT2D eigenvalue weighted by Gasteiger charge is 2.61. The summed E-state index contributed by atoms with van der Waals surface area (Å²) < 4.78 is 0. The molecule has 6 heteroatoms. The fourth-order valence-electron chi connectivity index (χ4n) is 4.50. The van der Waals surface area contributed by atoms with Crippen LogP contribution in [0.15, 0.2) is 42.5 Å². The van der Waals surface area contributed by atoms with Gasteiger partial charge in [-0.25, -0.2) is 0 Å². The Labute approximate surface area is 170 Å². The monoisotopic (exact) mass is 391 g/mol. The molecule has 3 amide bonds. The lowest BCUT2D eigenvalue weighted by atomic mass is 9.93. The molecule has 2 aliphatic rings. The van der Waals surface area contributed by atoms with Crippen LogP contribution in [0, 0.1) is 13.8 Å². The summed E-state index contributed by atoms with van der Waals surface area (Å²) in [6, 6.07) is 12.6. The normalized spacial score (nSPS) is 20.7. The first-order valence-corrected chi connectivity index (χ1v) is 9.92. The summed E-state index contributed by atoms with van der Waals surface area (Å²) in [5, 5.41) is 3.01. The van der Waals surface area contributed by atoms with Crippen LogP contribution in [0.1, 0.15) is 48.2 Å². The number of para-hydroxylation sites is 1. The summed E-state index contributed by atoms with van der Waals surface area (Å²) in [4.78, 5) is 43.2.